The van der Waals surface area contributed by atoms with E-state index in [1.54, 1.807) is 19.1 Å². The molecule has 1 atom stereocenters. The maximum absolute atomic E-state index is 13.4. The lowest BCUT2D eigenvalue weighted by Crippen LogP contribution is -2.35. The van der Waals surface area contributed by atoms with Crippen molar-refractivity contribution in [2.75, 3.05) is 6.61 Å². The topological polar surface area (TPSA) is 38.3 Å². The number of carbonyl (C=O) groups is 1. The number of alkyl halides is 3. The molecule has 0 aromatic heterocycles. The summed E-state index contributed by atoms with van der Waals surface area (Å²) in [6.45, 7) is 0.302. The van der Waals surface area contributed by atoms with E-state index in [2.05, 4.69) is 5.32 Å². The summed E-state index contributed by atoms with van der Waals surface area (Å²) in [6, 6.07) is 9.36. The monoisotopic (exact) mass is 413 g/mol. The van der Waals surface area contributed by atoms with E-state index < -0.39 is 35.9 Å². The Kier molecular flexibility index (Phi) is 5.82. The first-order valence-corrected chi connectivity index (χ1v) is 9.13. The van der Waals surface area contributed by atoms with Gasteiger partial charge in [0.15, 0.2) is 6.61 Å². The average Bonchev–Trinajstić information content (AvgIpc) is 3.39. The zero-order valence-electron chi connectivity index (χ0n) is 15.7. The second kappa shape index (κ2) is 8.00. The van der Waals surface area contributed by atoms with Gasteiger partial charge in [-0.3, -0.25) is 4.79 Å². The highest BCUT2D eigenvalue weighted by atomic mass is 19.4. The second-order valence-corrected chi connectivity index (χ2v) is 7.37. The van der Waals surface area contributed by atoms with E-state index in [0.717, 1.165) is 6.07 Å². The van der Waals surface area contributed by atoms with Crippen LogP contribution in [0.3, 0.4) is 0 Å². The molecular weight excluding hydrogens is 393 g/mol. The molecule has 0 heterocycles. The van der Waals surface area contributed by atoms with Gasteiger partial charge in [-0.05, 0) is 54.2 Å². The summed E-state index contributed by atoms with van der Waals surface area (Å²) in [5.41, 5.74) is 0.390. The molecule has 29 heavy (non-hydrogen) atoms. The number of carbonyl (C=O) groups excluding carboxylic acids is 1. The van der Waals surface area contributed by atoms with Crippen LogP contribution in [-0.2, 0) is 10.3 Å². The molecule has 1 aliphatic carbocycles. The Morgan fingerprint density at radius 3 is 2.38 bits per heavy atom. The van der Waals surface area contributed by atoms with Crippen LogP contribution in [0.1, 0.15) is 43.2 Å². The van der Waals surface area contributed by atoms with Crippen molar-refractivity contribution in [1.29, 1.82) is 0 Å². The van der Waals surface area contributed by atoms with E-state index in [1.807, 2.05) is 0 Å². The minimum Gasteiger partial charge on any atom is -0.484 e. The first kappa shape index (κ1) is 21.1. The Balaban J connectivity index is 1.64. The highest BCUT2D eigenvalue weighted by Crippen LogP contribution is 2.46. The van der Waals surface area contributed by atoms with Crippen LogP contribution in [0.4, 0.5) is 22.0 Å². The van der Waals surface area contributed by atoms with Gasteiger partial charge in [-0.2, -0.15) is 13.2 Å². The van der Waals surface area contributed by atoms with E-state index in [1.165, 1.54) is 24.3 Å². The van der Waals surface area contributed by atoms with Gasteiger partial charge in [-0.1, -0.05) is 19.1 Å². The minimum atomic E-state index is -4.44. The molecule has 3 nitrogen and oxygen atoms in total. The Labute approximate surface area is 164 Å². The number of hydrogen-bond donors (Lipinski definition) is 1. The van der Waals surface area contributed by atoms with E-state index in [-0.39, 0.29) is 18.1 Å². The molecule has 1 N–H and O–H groups in total. The van der Waals surface area contributed by atoms with Gasteiger partial charge >= 0.3 is 6.18 Å². The molecule has 2 aromatic rings. The minimum absolute atomic E-state index is 0.0227. The van der Waals surface area contributed by atoms with Gasteiger partial charge in [-0.25, -0.2) is 8.78 Å². The van der Waals surface area contributed by atoms with E-state index >= 15 is 0 Å². The third-order valence-electron chi connectivity index (χ3n) is 4.86. The first-order chi connectivity index (χ1) is 13.6. The fourth-order valence-corrected chi connectivity index (χ4v) is 3.23. The van der Waals surface area contributed by atoms with Crippen molar-refractivity contribution in [1.82, 2.24) is 5.32 Å². The summed E-state index contributed by atoms with van der Waals surface area (Å²) in [4.78, 5) is 12.5. The maximum Gasteiger partial charge on any atom is 0.422 e. The Bertz CT molecular complexity index is 873. The van der Waals surface area contributed by atoms with Crippen LogP contribution in [0.5, 0.6) is 5.75 Å². The fourth-order valence-electron chi connectivity index (χ4n) is 3.23. The quantitative estimate of drug-likeness (QED) is 0.634. The number of benzene rings is 2. The molecule has 0 unspecified atom stereocenters. The molecule has 0 saturated heterocycles. The number of hydrogen-bond acceptors (Lipinski definition) is 2. The van der Waals surface area contributed by atoms with Gasteiger partial charge in [-0.15, -0.1) is 0 Å². The SMILES string of the molecule is C[C@@H](CC(=O)NC1(c2cccc(OCC(F)(F)F)c2)CC1)c1cc(F)cc(F)c1. The molecule has 0 aliphatic heterocycles. The molecule has 0 radical (unpaired) electrons. The predicted molar refractivity (Wildman–Crippen MR) is 96.4 cm³/mol. The van der Waals surface area contributed by atoms with Gasteiger partial charge in [0.1, 0.15) is 17.4 Å². The van der Waals surface area contributed by atoms with Crippen LogP contribution >= 0.6 is 0 Å². The normalized spacial score (nSPS) is 16.2. The van der Waals surface area contributed by atoms with E-state index in [4.69, 9.17) is 4.74 Å². The summed E-state index contributed by atoms with van der Waals surface area (Å²) < 4.78 is 68.6. The number of rotatable bonds is 7. The zero-order chi connectivity index (χ0) is 21.2. The third kappa shape index (κ3) is 5.68. The van der Waals surface area contributed by atoms with Crippen molar-refractivity contribution in [3.63, 3.8) is 0 Å². The number of nitrogens with one attached hydrogen (secondary N) is 1. The lowest BCUT2D eigenvalue weighted by Gasteiger charge is -2.21. The summed E-state index contributed by atoms with van der Waals surface area (Å²) in [5.74, 6) is -2.05. The molecule has 2 aromatic carbocycles. The zero-order valence-corrected chi connectivity index (χ0v) is 15.7. The largest absolute Gasteiger partial charge is 0.484 e. The summed E-state index contributed by atoms with van der Waals surface area (Å²) >= 11 is 0. The smallest absolute Gasteiger partial charge is 0.422 e. The highest BCUT2D eigenvalue weighted by Gasteiger charge is 2.46. The van der Waals surface area contributed by atoms with E-state index in [0.29, 0.717) is 24.0 Å². The maximum atomic E-state index is 13.4. The van der Waals surface area contributed by atoms with Gasteiger partial charge in [0.25, 0.3) is 0 Å². The molecular formula is C21H20F5NO2. The fraction of sp³-hybridized carbons (Fsp3) is 0.381. The van der Waals surface area contributed by atoms with Gasteiger partial charge in [0.05, 0.1) is 5.54 Å². The molecule has 3 rings (SSSR count). The lowest BCUT2D eigenvalue weighted by atomic mass is 9.96. The van der Waals surface area contributed by atoms with Gasteiger partial charge in [0.2, 0.25) is 5.91 Å². The van der Waals surface area contributed by atoms with Crippen molar-refractivity contribution >= 4 is 5.91 Å². The summed E-state index contributed by atoms with van der Waals surface area (Å²) in [6.07, 6.45) is -3.13. The van der Waals surface area contributed by atoms with Crippen LogP contribution in [-0.4, -0.2) is 18.7 Å². The Morgan fingerprint density at radius 2 is 1.79 bits per heavy atom. The van der Waals surface area contributed by atoms with Crippen LogP contribution in [0.25, 0.3) is 0 Å². The van der Waals surface area contributed by atoms with Crippen LogP contribution in [0.2, 0.25) is 0 Å². The summed E-state index contributed by atoms with van der Waals surface area (Å²) in [5, 5.41) is 2.91. The predicted octanol–water partition coefficient (Wildman–Crippen LogP) is 5.21. The molecule has 0 bridgehead atoms. The van der Waals surface area contributed by atoms with Gasteiger partial charge in [0, 0.05) is 12.5 Å². The van der Waals surface area contributed by atoms with Crippen molar-refractivity contribution in [3.8, 4) is 5.75 Å². The molecule has 1 amide bonds. The van der Waals surface area contributed by atoms with Gasteiger partial charge < -0.3 is 10.1 Å². The first-order valence-electron chi connectivity index (χ1n) is 9.13. The van der Waals surface area contributed by atoms with Crippen molar-refractivity contribution in [3.05, 3.63) is 65.2 Å². The molecule has 8 heteroatoms. The number of halogens is 5. The second-order valence-electron chi connectivity index (χ2n) is 7.37. The third-order valence-corrected chi connectivity index (χ3v) is 4.86. The van der Waals surface area contributed by atoms with Crippen molar-refractivity contribution in [2.24, 2.45) is 0 Å². The highest BCUT2D eigenvalue weighted by molar-refractivity contribution is 5.78. The van der Waals surface area contributed by atoms with Crippen LogP contribution < -0.4 is 10.1 Å². The van der Waals surface area contributed by atoms with Crippen molar-refractivity contribution in [2.45, 2.75) is 43.8 Å². The Hall–Kier alpha value is -2.64. The molecule has 1 saturated carbocycles. The Morgan fingerprint density at radius 1 is 1.14 bits per heavy atom. The molecule has 156 valence electrons. The van der Waals surface area contributed by atoms with E-state index in [9.17, 15) is 26.7 Å². The van der Waals surface area contributed by atoms with Crippen molar-refractivity contribution < 1.29 is 31.5 Å². The number of ether oxygens (including phenoxy) is 1. The average molecular weight is 413 g/mol. The number of amides is 1. The molecule has 1 fully saturated rings. The molecule has 0 spiro atoms. The standard InChI is InChI=1S/C21H20F5NO2/c1-13(14-8-16(22)11-17(23)9-14)7-19(28)27-20(5-6-20)15-3-2-4-18(10-15)29-12-21(24,25)26/h2-4,8-11,13H,5-7,12H2,1H3,(H,27,28)/t13-/m0/s1. The summed E-state index contributed by atoms with van der Waals surface area (Å²) in [7, 11) is 0. The molecule has 1 aliphatic rings. The van der Waals surface area contributed by atoms with Crippen LogP contribution in [0.15, 0.2) is 42.5 Å². The van der Waals surface area contributed by atoms with Crippen LogP contribution in [0, 0.1) is 11.6 Å². The lowest BCUT2D eigenvalue weighted by molar-refractivity contribution is -0.153.